The second-order valence-electron chi connectivity index (χ2n) is 7.14. The maximum absolute atomic E-state index is 12.5. The minimum Gasteiger partial charge on any atom is -0.350 e. The normalized spacial score (nSPS) is 32.6. The highest BCUT2D eigenvalue weighted by molar-refractivity contribution is 5.85. The summed E-state index contributed by atoms with van der Waals surface area (Å²) in [6.45, 7) is 3.57. The van der Waals surface area contributed by atoms with Gasteiger partial charge in [0.2, 0.25) is 11.8 Å². The molecular formula is C18H23N3O2. The van der Waals surface area contributed by atoms with Gasteiger partial charge in [0.1, 0.15) is 0 Å². The predicted molar refractivity (Wildman–Crippen MR) is 86.6 cm³/mol. The van der Waals surface area contributed by atoms with Crippen LogP contribution in [-0.2, 0) is 22.6 Å². The van der Waals surface area contributed by atoms with Crippen molar-refractivity contribution in [3.63, 3.8) is 0 Å². The molecule has 5 heteroatoms. The molecule has 2 heterocycles. The van der Waals surface area contributed by atoms with E-state index in [9.17, 15) is 9.59 Å². The van der Waals surface area contributed by atoms with Gasteiger partial charge in [0.15, 0.2) is 0 Å². The van der Waals surface area contributed by atoms with E-state index in [0.29, 0.717) is 31.3 Å². The van der Waals surface area contributed by atoms with Gasteiger partial charge in [-0.15, -0.1) is 0 Å². The van der Waals surface area contributed by atoms with E-state index in [4.69, 9.17) is 0 Å². The Balaban J connectivity index is 1.35. The third-order valence-corrected chi connectivity index (χ3v) is 5.37. The Kier molecular flexibility index (Phi) is 3.60. The van der Waals surface area contributed by atoms with Gasteiger partial charge in [-0.1, -0.05) is 31.2 Å². The highest BCUT2D eigenvalue weighted by Gasteiger charge is 2.45. The number of carbonyl (C=O) groups is 2. The lowest BCUT2D eigenvalue weighted by Crippen LogP contribution is -2.51. The zero-order chi connectivity index (χ0) is 16.0. The molecule has 0 aromatic heterocycles. The summed E-state index contributed by atoms with van der Waals surface area (Å²) < 4.78 is 0. The molecule has 3 aliphatic rings. The molecule has 0 unspecified atom stereocenters. The third kappa shape index (κ3) is 2.85. The van der Waals surface area contributed by atoms with Crippen molar-refractivity contribution in [2.75, 3.05) is 6.54 Å². The van der Waals surface area contributed by atoms with Crippen LogP contribution < -0.4 is 10.6 Å². The van der Waals surface area contributed by atoms with E-state index in [0.717, 1.165) is 13.0 Å². The van der Waals surface area contributed by atoms with E-state index < -0.39 is 0 Å². The molecule has 0 bridgehead atoms. The zero-order valence-electron chi connectivity index (χ0n) is 13.4. The Morgan fingerprint density at radius 3 is 2.74 bits per heavy atom. The largest absolute Gasteiger partial charge is 0.350 e. The first-order valence-corrected chi connectivity index (χ1v) is 8.52. The molecule has 1 saturated carbocycles. The molecular weight excluding hydrogens is 290 g/mol. The van der Waals surface area contributed by atoms with Crippen LogP contribution in [0.5, 0.6) is 0 Å². The lowest BCUT2D eigenvalue weighted by Gasteiger charge is -2.26. The number of likely N-dealkylation sites (tertiary alicyclic amines) is 1. The maximum Gasteiger partial charge on any atom is 0.237 e. The van der Waals surface area contributed by atoms with Crippen molar-refractivity contribution in [3.8, 4) is 0 Å². The van der Waals surface area contributed by atoms with Crippen molar-refractivity contribution in [1.29, 1.82) is 0 Å². The summed E-state index contributed by atoms with van der Waals surface area (Å²) in [4.78, 5) is 26.6. The molecule has 0 spiro atoms. The number of fused-ring (bicyclic) bond motifs is 1. The summed E-state index contributed by atoms with van der Waals surface area (Å²) in [7, 11) is 0. The quantitative estimate of drug-likeness (QED) is 0.869. The smallest absolute Gasteiger partial charge is 0.237 e. The van der Waals surface area contributed by atoms with Crippen LogP contribution >= 0.6 is 0 Å². The summed E-state index contributed by atoms with van der Waals surface area (Å²) in [5.41, 5.74) is 2.50. The molecule has 1 aromatic rings. The molecule has 1 aliphatic carbocycles. The van der Waals surface area contributed by atoms with Gasteiger partial charge in [0.25, 0.3) is 0 Å². The van der Waals surface area contributed by atoms with Crippen LogP contribution in [0, 0.1) is 5.92 Å². The number of hydrogen-bond donors (Lipinski definition) is 2. The monoisotopic (exact) mass is 313 g/mol. The predicted octanol–water partition coefficient (Wildman–Crippen LogP) is 0.826. The minimum atomic E-state index is -0.200. The Morgan fingerprint density at radius 1 is 1.26 bits per heavy atom. The molecule has 4 rings (SSSR count). The fraction of sp³-hybridized carbons (Fsp3) is 0.556. The number of nitrogens with zero attached hydrogens (tertiary/aromatic N) is 1. The van der Waals surface area contributed by atoms with E-state index in [1.807, 2.05) is 17.0 Å². The van der Waals surface area contributed by atoms with Crippen LogP contribution in [0.3, 0.4) is 0 Å². The van der Waals surface area contributed by atoms with E-state index in [2.05, 4.69) is 29.7 Å². The van der Waals surface area contributed by atoms with Crippen molar-refractivity contribution in [2.24, 2.45) is 5.92 Å². The van der Waals surface area contributed by atoms with Crippen molar-refractivity contribution in [1.82, 2.24) is 15.5 Å². The Morgan fingerprint density at radius 2 is 2.00 bits per heavy atom. The molecule has 1 saturated heterocycles. The van der Waals surface area contributed by atoms with Gasteiger partial charge in [-0.2, -0.15) is 0 Å². The Bertz CT molecular complexity index is 645. The van der Waals surface area contributed by atoms with Crippen LogP contribution in [0.15, 0.2) is 24.3 Å². The number of carbonyl (C=O) groups excluding carboxylic acids is 2. The van der Waals surface area contributed by atoms with Gasteiger partial charge in [-0.3, -0.25) is 9.59 Å². The van der Waals surface area contributed by atoms with E-state index in [1.165, 1.54) is 11.1 Å². The molecule has 23 heavy (non-hydrogen) atoms. The molecule has 4 atom stereocenters. The molecule has 0 radical (unpaired) electrons. The summed E-state index contributed by atoms with van der Waals surface area (Å²) in [6, 6.07) is 8.40. The second-order valence-corrected chi connectivity index (χ2v) is 7.14. The van der Waals surface area contributed by atoms with Crippen LogP contribution in [0.4, 0.5) is 0 Å². The van der Waals surface area contributed by atoms with Gasteiger partial charge in [0.05, 0.1) is 12.1 Å². The first-order chi connectivity index (χ1) is 11.1. The van der Waals surface area contributed by atoms with Gasteiger partial charge >= 0.3 is 0 Å². The first-order valence-electron chi connectivity index (χ1n) is 8.52. The fourth-order valence-electron chi connectivity index (χ4n) is 3.83. The molecule has 2 fully saturated rings. The van der Waals surface area contributed by atoms with Gasteiger partial charge in [-0.05, 0) is 29.9 Å². The zero-order valence-corrected chi connectivity index (χ0v) is 13.4. The number of hydrogen-bond acceptors (Lipinski definition) is 3. The number of rotatable bonds is 3. The van der Waals surface area contributed by atoms with E-state index in [1.54, 1.807) is 0 Å². The van der Waals surface area contributed by atoms with Crippen LogP contribution in [0.2, 0.25) is 0 Å². The SMILES string of the molecule is C[C@@H]1C[C@@H]1N1C[C@@H](NC(=O)[C@H]2Cc3ccccc3CN2)CC1=O. The van der Waals surface area contributed by atoms with Crippen LogP contribution in [-0.4, -0.2) is 41.4 Å². The second kappa shape index (κ2) is 5.64. The molecule has 2 aliphatic heterocycles. The maximum atomic E-state index is 12.5. The van der Waals surface area contributed by atoms with Gasteiger partial charge in [-0.25, -0.2) is 0 Å². The minimum absolute atomic E-state index is 0.0167. The summed E-state index contributed by atoms with van der Waals surface area (Å²) >= 11 is 0. The van der Waals surface area contributed by atoms with E-state index >= 15 is 0 Å². The number of amides is 2. The summed E-state index contributed by atoms with van der Waals surface area (Å²) in [5, 5.41) is 6.38. The van der Waals surface area contributed by atoms with Crippen molar-refractivity contribution < 1.29 is 9.59 Å². The number of nitrogens with one attached hydrogen (secondary N) is 2. The summed E-state index contributed by atoms with van der Waals surface area (Å²) in [6.07, 6.45) is 2.26. The molecule has 5 nitrogen and oxygen atoms in total. The molecule has 1 aromatic carbocycles. The summed E-state index contributed by atoms with van der Waals surface area (Å²) in [5.74, 6) is 0.819. The number of benzene rings is 1. The fourth-order valence-corrected chi connectivity index (χ4v) is 3.83. The molecule has 122 valence electrons. The Labute approximate surface area is 136 Å². The van der Waals surface area contributed by atoms with Crippen LogP contribution in [0.1, 0.15) is 30.9 Å². The van der Waals surface area contributed by atoms with Crippen molar-refractivity contribution >= 4 is 11.8 Å². The first kappa shape index (κ1) is 14.7. The average Bonchev–Trinajstić information content (AvgIpc) is 3.16. The third-order valence-electron chi connectivity index (χ3n) is 5.37. The van der Waals surface area contributed by atoms with Gasteiger partial charge < -0.3 is 15.5 Å². The lowest BCUT2D eigenvalue weighted by molar-refractivity contribution is -0.128. The lowest BCUT2D eigenvalue weighted by atomic mass is 9.95. The highest BCUT2D eigenvalue weighted by atomic mass is 16.2. The Hall–Kier alpha value is -1.88. The van der Waals surface area contributed by atoms with E-state index in [-0.39, 0.29) is 23.9 Å². The van der Waals surface area contributed by atoms with Crippen LogP contribution in [0.25, 0.3) is 0 Å². The van der Waals surface area contributed by atoms with Gasteiger partial charge in [0, 0.05) is 25.6 Å². The molecule has 2 amide bonds. The topological polar surface area (TPSA) is 61.4 Å². The standard InChI is InChI=1S/C18H23N3O2/c1-11-6-16(11)21-10-14(8-17(21)22)20-18(23)15-7-12-4-2-3-5-13(12)9-19-15/h2-5,11,14-16,19H,6-10H2,1H3,(H,20,23)/t11-,14+,15-,16+/m1/s1. The van der Waals surface area contributed by atoms with Crippen molar-refractivity contribution in [2.45, 2.75) is 50.9 Å². The molecule has 2 N–H and O–H groups in total. The highest BCUT2D eigenvalue weighted by Crippen LogP contribution is 2.37. The average molecular weight is 313 g/mol. The van der Waals surface area contributed by atoms with Crippen molar-refractivity contribution in [3.05, 3.63) is 35.4 Å².